The number of pyridine rings is 1. The van der Waals surface area contributed by atoms with E-state index in [9.17, 15) is 14.7 Å². The molecule has 4 aromatic rings. The lowest BCUT2D eigenvalue weighted by atomic mass is 9.99. The van der Waals surface area contributed by atoms with E-state index in [1.54, 1.807) is 19.4 Å². The van der Waals surface area contributed by atoms with Crippen LogP contribution >= 0.6 is 11.8 Å². The molecule has 1 aromatic heterocycles. The summed E-state index contributed by atoms with van der Waals surface area (Å²) in [6.07, 6.45) is 3.34. The first-order chi connectivity index (χ1) is 17.9. The van der Waals surface area contributed by atoms with Crippen LogP contribution in [0.2, 0.25) is 0 Å². The Bertz CT molecular complexity index is 1440. The molecule has 7 nitrogen and oxygen atoms in total. The third kappa shape index (κ3) is 6.21. The highest BCUT2D eigenvalue weighted by Crippen LogP contribution is 2.38. The van der Waals surface area contributed by atoms with Crippen LogP contribution in [0.15, 0.2) is 78.0 Å². The molecule has 2 N–H and O–H groups in total. The first kappa shape index (κ1) is 26.0. The molecule has 3 aromatic carbocycles. The van der Waals surface area contributed by atoms with Gasteiger partial charge in [-0.15, -0.1) is 11.8 Å². The number of esters is 1. The van der Waals surface area contributed by atoms with E-state index >= 15 is 0 Å². The predicted octanol–water partition coefficient (Wildman–Crippen LogP) is 4.92. The molecule has 0 spiro atoms. The summed E-state index contributed by atoms with van der Waals surface area (Å²) in [7, 11) is 2.90. The Labute approximate surface area is 219 Å². The van der Waals surface area contributed by atoms with Crippen molar-refractivity contribution in [1.29, 1.82) is 0 Å². The zero-order valence-corrected chi connectivity index (χ0v) is 21.7. The molecular weight excluding hydrogens is 488 g/mol. The van der Waals surface area contributed by atoms with E-state index in [2.05, 4.69) is 10.3 Å². The van der Waals surface area contributed by atoms with E-state index < -0.39 is 12.0 Å². The highest BCUT2D eigenvalue weighted by Gasteiger charge is 2.23. The van der Waals surface area contributed by atoms with Crippen molar-refractivity contribution in [3.63, 3.8) is 0 Å². The van der Waals surface area contributed by atoms with Crippen molar-refractivity contribution in [1.82, 2.24) is 10.3 Å². The van der Waals surface area contributed by atoms with Crippen LogP contribution in [0.1, 0.15) is 11.1 Å². The van der Waals surface area contributed by atoms with Gasteiger partial charge in [-0.3, -0.25) is 9.78 Å². The van der Waals surface area contributed by atoms with Crippen molar-refractivity contribution in [2.45, 2.75) is 24.3 Å². The monoisotopic (exact) mass is 516 g/mol. The number of methoxy groups -OCH3 is 2. The van der Waals surface area contributed by atoms with Crippen LogP contribution in [0.25, 0.3) is 21.9 Å². The number of hydrogen-bond acceptors (Lipinski definition) is 7. The summed E-state index contributed by atoms with van der Waals surface area (Å²) in [5.41, 5.74) is 3.46. The number of nitrogens with one attached hydrogen (secondary N) is 1. The van der Waals surface area contributed by atoms with Gasteiger partial charge in [0.1, 0.15) is 17.5 Å². The fourth-order valence-corrected chi connectivity index (χ4v) is 5.08. The maximum atomic E-state index is 13.0. The molecule has 0 unspecified atom stereocenters. The number of ether oxygens (including phenoxy) is 2. The van der Waals surface area contributed by atoms with E-state index in [0.29, 0.717) is 5.75 Å². The summed E-state index contributed by atoms with van der Waals surface area (Å²) in [5, 5.41) is 14.9. The van der Waals surface area contributed by atoms with Gasteiger partial charge < -0.3 is 19.9 Å². The van der Waals surface area contributed by atoms with Gasteiger partial charge in [0.2, 0.25) is 5.91 Å². The minimum atomic E-state index is -0.836. The number of thioether (sulfide) groups is 1. The molecule has 1 atom stereocenters. The lowest BCUT2D eigenvalue weighted by Crippen LogP contribution is -2.43. The van der Waals surface area contributed by atoms with Crippen LogP contribution in [0.3, 0.4) is 0 Å². The van der Waals surface area contributed by atoms with Gasteiger partial charge in [-0.25, -0.2) is 4.79 Å². The molecule has 1 amide bonds. The number of carbonyl (C=O) groups is 2. The van der Waals surface area contributed by atoms with Crippen LogP contribution < -0.4 is 10.1 Å². The molecule has 0 fully saturated rings. The zero-order chi connectivity index (χ0) is 26.4. The molecule has 190 valence electrons. The fraction of sp³-hybridized carbons (Fsp3) is 0.207. The summed E-state index contributed by atoms with van der Waals surface area (Å²) in [5.74, 6) is 0.0475. The van der Waals surface area contributed by atoms with Crippen LogP contribution in [0.4, 0.5) is 0 Å². The van der Waals surface area contributed by atoms with Gasteiger partial charge in [-0.1, -0.05) is 42.5 Å². The molecule has 0 aliphatic heterocycles. The molecule has 4 rings (SSSR count). The number of rotatable bonds is 9. The topological polar surface area (TPSA) is 97.8 Å². The minimum Gasteiger partial charge on any atom is -0.506 e. The molecule has 0 aliphatic carbocycles. The number of aromatic hydroxyl groups is 1. The van der Waals surface area contributed by atoms with E-state index in [0.717, 1.165) is 37.9 Å². The largest absolute Gasteiger partial charge is 0.506 e. The number of hydrogen-bond donors (Lipinski definition) is 2. The highest BCUT2D eigenvalue weighted by molar-refractivity contribution is 8.00. The lowest BCUT2D eigenvalue weighted by Gasteiger charge is -2.18. The number of carbonyl (C=O) groups excluding carboxylic acids is 2. The first-order valence-corrected chi connectivity index (χ1v) is 12.7. The van der Waals surface area contributed by atoms with Gasteiger partial charge >= 0.3 is 5.97 Å². The van der Waals surface area contributed by atoms with E-state index in [-0.39, 0.29) is 23.8 Å². The minimum absolute atomic E-state index is 0.0628. The third-order valence-electron chi connectivity index (χ3n) is 6.00. The van der Waals surface area contributed by atoms with Gasteiger partial charge in [0.25, 0.3) is 0 Å². The van der Waals surface area contributed by atoms with Gasteiger partial charge in [-0.2, -0.15) is 0 Å². The zero-order valence-electron chi connectivity index (χ0n) is 20.9. The Balaban J connectivity index is 1.54. The number of amides is 1. The number of benzene rings is 3. The van der Waals surface area contributed by atoms with E-state index in [1.165, 1.54) is 25.1 Å². The molecule has 8 heteroatoms. The molecule has 0 aliphatic rings. The normalized spacial score (nSPS) is 11.6. The first-order valence-electron chi connectivity index (χ1n) is 11.7. The fourth-order valence-electron chi connectivity index (χ4n) is 4.18. The van der Waals surface area contributed by atoms with Crippen LogP contribution in [-0.4, -0.2) is 48.0 Å². The second-order valence-electron chi connectivity index (χ2n) is 8.53. The summed E-state index contributed by atoms with van der Waals surface area (Å²) < 4.78 is 10.3. The van der Waals surface area contributed by atoms with Crippen molar-refractivity contribution in [2.75, 3.05) is 20.0 Å². The molecule has 0 saturated carbocycles. The Morgan fingerprint density at radius 1 is 1.05 bits per heavy atom. The van der Waals surface area contributed by atoms with Crippen molar-refractivity contribution in [3.05, 3.63) is 84.2 Å². The highest BCUT2D eigenvalue weighted by atomic mass is 32.2. The van der Waals surface area contributed by atoms with Crippen molar-refractivity contribution >= 4 is 34.4 Å². The number of fused-ring (bicyclic) bond motifs is 1. The van der Waals surface area contributed by atoms with Crippen molar-refractivity contribution in [2.24, 2.45) is 0 Å². The Morgan fingerprint density at radius 2 is 1.86 bits per heavy atom. The summed E-state index contributed by atoms with van der Waals surface area (Å²) in [6, 6.07) is 18.4. The molecule has 37 heavy (non-hydrogen) atoms. The quantitative estimate of drug-likeness (QED) is 0.241. The number of aryl methyl sites for hydroxylation is 1. The van der Waals surface area contributed by atoms with Crippen LogP contribution in [0.5, 0.6) is 11.5 Å². The molecule has 1 heterocycles. The summed E-state index contributed by atoms with van der Waals surface area (Å²) >= 11 is 1.35. The second kappa shape index (κ2) is 11.8. The average molecular weight is 517 g/mol. The van der Waals surface area contributed by atoms with Gasteiger partial charge in [0.15, 0.2) is 0 Å². The third-order valence-corrected chi connectivity index (χ3v) is 7.05. The van der Waals surface area contributed by atoms with Crippen LogP contribution in [0, 0.1) is 6.92 Å². The van der Waals surface area contributed by atoms with Gasteiger partial charge in [-0.05, 0) is 47.0 Å². The van der Waals surface area contributed by atoms with E-state index in [4.69, 9.17) is 9.47 Å². The van der Waals surface area contributed by atoms with Gasteiger partial charge in [0, 0.05) is 28.6 Å². The summed E-state index contributed by atoms with van der Waals surface area (Å²) in [4.78, 5) is 30.4. The Kier molecular flexibility index (Phi) is 8.30. The molecular formula is C29H28N2O5S. The van der Waals surface area contributed by atoms with E-state index in [1.807, 2.05) is 61.5 Å². The smallest absolute Gasteiger partial charge is 0.328 e. The number of aromatic nitrogens is 1. The van der Waals surface area contributed by atoms with Crippen LogP contribution in [-0.2, 0) is 20.7 Å². The Morgan fingerprint density at radius 3 is 2.62 bits per heavy atom. The second-order valence-corrected chi connectivity index (χ2v) is 9.55. The van der Waals surface area contributed by atoms with Gasteiger partial charge in [0.05, 0.1) is 26.2 Å². The van der Waals surface area contributed by atoms with Crippen molar-refractivity contribution in [3.8, 4) is 22.6 Å². The standard InChI is InChI=1S/C29H28N2O5S/c1-18-8-9-19(13-25(18)35-2)12-24(29(34)36-3)31-27(33)17-37-26-11-10-20-6-4-5-7-23(20)28(26)21-14-22(32)16-30-15-21/h4-11,13-16,24,32H,12,17H2,1-3H3,(H,31,33)/t24-/m0/s1. The maximum absolute atomic E-state index is 13.0. The average Bonchev–Trinajstić information content (AvgIpc) is 2.91. The van der Waals surface area contributed by atoms with Crippen molar-refractivity contribution < 1.29 is 24.2 Å². The maximum Gasteiger partial charge on any atom is 0.328 e. The SMILES string of the molecule is COC(=O)[C@H](Cc1ccc(C)c(OC)c1)NC(=O)CSc1ccc2ccccc2c1-c1cncc(O)c1. The molecule has 0 bridgehead atoms. The number of nitrogens with zero attached hydrogens (tertiary/aromatic N) is 1. The molecule has 0 radical (unpaired) electrons. The molecule has 0 saturated heterocycles. The lowest BCUT2D eigenvalue weighted by molar-refractivity contribution is -0.144. The Hall–Kier alpha value is -4.04. The predicted molar refractivity (Wildman–Crippen MR) is 145 cm³/mol. The summed E-state index contributed by atoms with van der Waals surface area (Å²) in [6.45, 7) is 1.94.